The van der Waals surface area contributed by atoms with Crippen molar-refractivity contribution in [1.29, 1.82) is 0 Å². The van der Waals surface area contributed by atoms with E-state index in [9.17, 15) is 5.11 Å². The maximum atomic E-state index is 9.80. The van der Waals surface area contributed by atoms with Gasteiger partial charge in [-0.25, -0.2) is 0 Å². The maximum absolute atomic E-state index is 9.80. The van der Waals surface area contributed by atoms with Crippen LogP contribution in [0.25, 0.3) is 0 Å². The molecule has 4 heteroatoms. The van der Waals surface area contributed by atoms with Crippen LogP contribution >= 0.6 is 15.9 Å². The van der Waals surface area contributed by atoms with Crippen LogP contribution in [0.5, 0.6) is 0 Å². The highest BCUT2D eigenvalue weighted by Gasteiger charge is 2.27. The average Bonchev–Trinajstić information content (AvgIpc) is 2.55. The first-order valence-electron chi connectivity index (χ1n) is 5.24. The molecule has 1 saturated heterocycles. The van der Waals surface area contributed by atoms with Gasteiger partial charge in [0.25, 0.3) is 0 Å². The van der Waals surface area contributed by atoms with Gasteiger partial charge in [0.15, 0.2) is 4.67 Å². The quantitative estimate of drug-likeness (QED) is 0.899. The molecule has 0 atom stereocenters. The Hall–Kier alpha value is -0.320. The van der Waals surface area contributed by atoms with E-state index in [1.807, 2.05) is 19.1 Å². The standard InChI is InChI=1S/C11H16BrNO2/c1-11(14)4-6-13(7-5-11)8-9-2-3-10(12)15-9/h2-3,14H,4-8H2,1H3. The Morgan fingerprint density at radius 3 is 2.67 bits per heavy atom. The minimum absolute atomic E-state index is 0.472. The smallest absolute Gasteiger partial charge is 0.169 e. The summed E-state index contributed by atoms with van der Waals surface area (Å²) in [6.45, 7) is 4.62. The van der Waals surface area contributed by atoms with Crippen LogP contribution in [0.3, 0.4) is 0 Å². The second kappa shape index (κ2) is 4.28. The molecule has 3 nitrogen and oxygen atoms in total. The highest BCUT2D eigenvalue weighted by molar-refractivity contribution is 9.10. The van der Waals surface area contributed by atoms with E-state index in [0.717, 1.165) is 42.9 Å². The second-order valence-electron chi connectivity index (χ2n) is 4.48. The summed E-state index contributed by atoms with van der Waals surface area (Å²) in [7, 11) is 0. The van der Waals surface area contributed by atoms with Crippen LogP contribution < -0.4 is 0 Å². The van der Waals surface area contributed by atoms with Crippen molar-refractivity contribution in [3.8, 4) is 0 Å². The number of hydrogen-bond donors (Lipinski definition) is 1. The van der Waals surface area contributed by atoms with Gasteiger partial charge in [0.2, 0.25) is 0 Å². The van der Waals surface area contributed by atoms with E-state index in [0.29, 0.717) is 0 Å². The zero-order chi connectivity index (χ0) is 10.9. The molecule has 0 unspecified atom stereocenters. The summed E-state index contributed by atoms with van der Waals surface area (Å²) in [4.78, 5) is 2.31. The van der Waals surface area contributed by atoms with E-state index in [1.54, 1.807) is 0 Å². The third-order valence-corrected chi connectivity index (χ3v) is 3.37. The minimum atomic E-state index is -0.472. The lowest BCUT2D eigenvalue weighted by atomic mass is 9.94. The van der Waals surface area contributed by atoms with Crippen LogP contribution in [0.4, 0.5) is 0 Å². The summed E-state index contributed by atoms with van der Waals surface area (Å²) < 4.78 is 6.23. The van der Waals surface area contributed by atoms with Gasteiger partial charge < -0.3 is 9.52 Å². The van der Waals surface area contributed by atoms with Gasteiger partial charge in [-0.15, -0.1) is 0 Å². The first-order valence-corrected chi connectivity index (χ1v) is 6.03. The summed E-state index contributed by atoms with van der Waals surface area (Å²) in [6.07, 6.45) is 1.68. The molecule has 1 N–H and O–H groups in total. The lowest BCUT2D eigenvalue weighted by molar-refractivity contribution is -0.00875. The zero-order valence-corrected chi connectivity index (χ0v) is 10.5. The molecule has 15 heavy (non-hydrogen) atoms. The van der Waals surface area contributed by atoms with Crippen molar-refractivity contribution in [2.45, 2.75) is 31.9 Å². The molecule has 1 aromatic heterocycles. The second-order valence-corrected chi connectivity index (χ2v) is 5.26. The molecular formula is C11H16BrNO2. The zero-order valence-electron chi connectivity index (χ0n) is 8.87. The molecular weight excluding hydrogens is 258 g/mol. The third kappa shape index (κ3) is 3.06. The van der Waals surface area contributed by atoms with Crippen LogP contribution in [-0.2, 0) is 6.54 Å². The Balaban J connectivity index is 1.87. The van der Waals surface area contributed by atoms with Gasteiger partial charge in [0.1, 0.15) is 5.76 Å². The molecule has 0 aromatic carbocycles. The molecule has 0 radical (unpaired) electrons. The van der Waals surface area contributed by atoms with E-state index < -0.39 is 5.60 Å². The lowest BCUT2D eigenvalue weighted by Crippen LogP contribution is -2.41. The molecule has 84 valence electrons. The van der Waals surface area contributed by atoms with E-state index in [4.69, 9.17) is 4.42 Å². The fraction of sp³-hybridized carbons (Fsp3) is 0.636. The normalized spacial score (nSPS) is 21.8. The predicted octanol–water partition coefficient (Wildman–Crippen LogP) is 2.39. The van der Waals surface area contributed by atoms with E-state index in [2.05, 4.69) is 20.8 Å². The number of halogens is 1. The van der Waals surface area contributed by atoms with Gasteiger partial charge in [0.05, 0.1) is 12.1 Å². The van der Waals surface area contributed by atoms with Gasteiger partial charge in [-0.2, -0.15) is 0 Å². The molecule has 0 aliphatic carbocycles. The Morgan fingerprint density at radius 1 is 1.47 bits per heavy atom. The van der Waals surface area contributed by atoms with Crippen molar-refractivity contribution in [1.82, 2.24) is 4.90 Å². The first kappa shape index (κ1) is 11.2. The summed E-state index contributed by atoms with van der Waals surface area (Å²) in [5.41, 5.74) is -0.472. The molecule has 2 rings (SSSR count). The summed E-state index contributed by atoms with van der Waals surface area (Å²) in [5.74, 6) is 0.975. The molecule has 1 aliphatic rings. The summed E-state index contributed by atoms with van der Waals surface area (Å²) >= 11 is 3.29. The van der Waals surface area contributed by atoms with Crippen molar-refractivity contribution in [3.63, 3.8) is 0 Å². The molecule has 2 heterocycles. The average molecular weight is 274 g/mol. The largest absolute Gasteiger partial charge is 0.453 e. The Bertz CT molecular complexity index is 325. The van der Waals surface area contributed by atoms with Crippen LogP contribution in [-0.4, -0.2) is 28.7 Å². The SMILES string of the molecule is CC1(O)CCN(Cc2ccc(Br)o2)CC1. The summed E-state index contributed by atoms with van der Waals surface area (Å²) in [5, 5.41) is 9.80. The molecule has 1 aliphatic heterocycles. The van der Waals surface area contributed by atoms with Crippen molar-refractivity contribution >= 4 is 15.9 Å². The van der Waals surface area contributed by atoms with Crippen molar-refractivity contribution in [2.24, 2.45) is 0 Å². The van der Waals surface area contributed by atoms with Gasteiger partial charge in [-0.3, -0.25) is 4.90 Å². The van der Waals surface area contributed by atoms with Crippen molar-refractivity contribution in [3.05, 3.63) is 22.6 Å². The maximum Gasteiger partial charge on any atom is 0.169 e. The van der Waals surface area contributed by atoms with Gasteiger partial charge in [-0.05, 0) is 47.8 Å². The number of nitrogens with zero attached hydrogens (tertiary/aromatic N) is 1. The fourth-order valence-electron chi connectivity index (χ4n) is 1.85. The van der Waals surface area contributed by atoms with Crippen LogP contribution in [0.1, 0.15) is 25.5 Å². The highest BCUT2D eigenvalue weighted by atomic mass is 79.9. The molecule has 0 bridgehead atoms. The Labute approximate surface area is 98.2 Å². The van der Waals surface area contributed by atoms with Crippen LogP contribution in [0.15, 0.2) is 21.2 Å². The first-order chi connectivity index (χ1) is 7.05. The number of likely N-dealkylation sites (tertiary alicyclic amines) is 1. The van der Waals surface area contributed by atoms with Crippen molar-refractivity contribution in [2.75, 3.05) is 13.1 Å². The minimum Gasteiger partial charge on any atom is -0.453 e. The number of furan rings is 1. The topological polar surface area (TPSA) is 36.6 Å². The fourth-order valence-corrected chi connectivity index (χ4v) is 2.19. The Morgan fingerprint density at radius 2 is 2.13 bits per heavy atom. The molecule has 1 fully saturated rings. The van der Waals surface area contributed by atoms with E-state index in [1.165, 1.54) is 0 Å². The van der Waals surface area contributed by atoms with Gasteiger partial charge in [-0.1, -0.05) is 0 Å². The molecule has 0 amide bonds. The summed E-state index contributed by atoms with van der Waals surface area (Å²) in [6, 6.07) is 3.90. The number of hydrogen-bond acceptors (Lipinski definition) is 3. The number of aliphatic hydroxyl groups is 1. The lowest BCUT2D eigenvalue weighted by Gasteiger charge is -2.35. The third-order valence-electron chi connectivity index (χ3n) is 2.94. The van der Waals surface area contributed by atoms with E-state index >= 15 is 0 Å². The number of piperidine rings is 1. The van der Waals surface area contributed by atoms with Gasteiger partial charge in [0, 0.05) is 13.1 Å². The van der Waals surface area contributed by atoms with Gasteiger partial charge >= 0.3 is 0 Å². The highest BCUT2D eigenvalue weighted by Crippen LogP contribution is 2.23. The monoisotopic (exact) mass is 273 g/mol. The predicted molar refractivity (Wildman–Crippen MR) is 61.5 cm³/mol. The van der Waals surface area contributed by atoms with Crippen molar-refractivity contribution < 1.29 is 9.52 Å². The Kier molecular flexibility index (Phi) is 3.19. The van der Waals surface area contributed by atoms with Crippen LogP contribution in [0, 0.1) is 0 Å². The molecule has 0 saturated carbocycles. The van der Waals surface area contributed by atoms with E-state index in [-0.39, 0.29) is 0 Å². The molecule has 1 aromatic rings. The van der Waals surface area contributed by atoms with Crippen LogP contribution in [0.2, 0.25) is 0 Å². The molecule has 0 spiro atoms. The number of rotatable bonds is 2.